The van der Waals surface area contributed by atoms with Gasteiger partial charge in [0.25, 0.3) is 0 Å². The number of carbonyl (C=O) groups is 2. The molecule has 2 bridgehead atoms. The van der Waals surface area contributed by atoms with Gasteiger partial charge in [0.15, 0.2) is 0 Å². The summed E-state index contributed by atoms with van der Waals surface area (Å²) in [6, 6.07) is 7.86. The summed E-state index contributed by atoms with van der Waals surface area (Å²) in [5, 5.41) is 10.4. The number of hydrogen-bond acceptors (Lipinski definition) is 3. The SMILES string of the molecule is O=C(O)[C@H]1[C@@H](C(=O)N2CCN(Cc3cccc(Cl)c3)CC2)[C@H]2C=C[C@H]1CC2. The number of carboxylic acid groups (broad SMARTS) is 1. The average molecular weight is 389 g/mol. The van der Waals surface area contributed by atoms with Gasteiger partial charge in [-0.05, 0) is 42.4 Å². The standard InChI is InChI=1S/C21H25ClN2O3/c22-17-3-1-2-14(12-17)13-23-8-10-24(11-9-23)20(25)18-15-4-6-16(7-5-15)19(18)21(26)27/h1-4,6,12,15-16,18-19H,5,7-11,13H2,(H,26,27)/t15-,16-,18-,19+/m0/s1. The van der Waals surface area contributed by atoms with Crippen LogP contribution in [-0.4, -0.2) is 53.0 Å². The molecule has 1 saturated heterocycles. The summed E-state index contributed by atoms with van der Waals surface area (Å²) in [5.74, 6) is -1.68. The molecule has 1 aliphatic heterocycles. The highest BCUT2D eigenvalue weighted by atomic mass is 35.5. The number of carboxylic acids is 1. The fraction of sp³-hybridized carbons (Fsp3) is 0.524. The summed E-state index contributed by atoms with van der Waals surface area (Å²) in [6.07, 6.45) is 5.90. The second kappa shape index (κ2) is 7.64. The van der Waals surface area contributed by atoms with E-state index in [4.69, 9.17) is 11.6 Å². The van der Waals surface area contributed by atoms with Crippen LogP contribution in [0.5, 0.6) is 0 Å². The van der Waals surface area contributed by atoms with E-state index in [1.54, 1.807) is 0 Å². The fourth-order valence-corrected chi connectivity index (χ4v) is 5.11. The maximum atomic E-state index is 13.2. The molecule has 3 aliphatic carbocycles. The number of piperazine rings is 1. The summed E-state index contributed by atoms with van der Waals surface area (Å²) in [5.41, 5.74) is 1.17. The third kappa shape index (κ3) is 3.76. The number of allylic oxidation sites excluding steroid dienone is 2. The van der Waals surface area contributed by atoms with Crippen molar-refractivity contribution in [3.8, 4) is 0 Å². The first-order chi connectivity index (χ1) is 13.0. The molecule has 0 spiro atoms. The number of hydrogen-bond donors (Lipinski definition) is 1. The molecule has 1 aromatic carbocycles. The molecule has 1 heterocycles. The molecule has 4 atom stereocenters. The van der Waals surface area contributed by atoms with E-state index >= 15 is 0 Å². The first kappa shape index (κ1) is 18.5. The van der Waals surface area contributed by atoms with Gasteiger partial charge in [0.1, 0.15) is 0 Å². The topological polar surface area (TPSA) is 60.9 Å². The van der Waals surface area contributed by atoms with Gasteiger partial charge in [0.05, 0.1) is 11.8 Å². The van der Waals surface area contributed by atoms with E-state index in [0.29, 0.717) is 13.1 Å². The Bertz CT molecular complexity index is 758. The van der Waals surface area contributed by atoms with Gasteiger partial charge in [-0.1, -0.05) is 35.9 Å². The molecule has 1 N–H and O–H groups in total. The van der Waals surface area contributed by atoms with E-state index in [1.807, 2.05) is 29.2 Å². The first-order valence-electron chi connectivity index (χ1n) is 9.69. The Balaban J connectivity index is 1.38. The van der Waals surface area contributed by atoms with Gasteiger partial charge in [-0.2, -0.15) is 0 Å². The normalized spacial score (nSPS) is 30.5. The lowest BCUT2D eigenvalue weighted by Crippen LogP contribution is -2.55. The van der Waals surface area contributed by atoms with Crippen molar-refractivity contribution in [2.45, 2.75) is 19.4 Å². The van der Waals surface area contributed by atoms with Crippen LogP contribution in [0.2, 0.25) is 5.02 Å². The molecule has 4 aliphatic rings. The Morgan fingerprint density at radius 3 is 2.30 bits per heavy atom. The van der Waals surface area contributed by atoms with E-state index in [9.17, 15) is 14.7 Å². The van der Waals surface area contributed by atoms with Crippen LogP contribution < -0.4 is 0 Å². The molecule has 0 aromatic heterocycles. The summed E-state index contributed by atoms with van der Waals surface area (Å²) >= 11 is 6.06. The molecule has 6 heteroatoms. The Kier molecular flexibility index (Phi) is 5.24. The smallest absolute Gasteiger partial charge is 0.307 e. The Labute approximate surface area is 164 Å². The van der Waals surface area contributed by atoms with Crippen molar-refractivity contribution in [3.63, 3.8) is 0 Å². The van der Waals surface area contributed by atoms with Crippen molar-refractivity contribution >= 4 is 23.5 Å². The van der Waals surface area contributed by atoms with Gasteiger partial charge >= 0.3 is 5.97 Å². The second-order valence-corrected chi connectivity index (χ2v) is 8.35. The number of carbonyl (C=O) groups excluding carboxylic acids is 1. The van der Waals surface area contributed by atoms with Crippen LogP contribution in [0.3, 0.4) is 0 Å². The Morgan fingerprint density at radius 2 is 1.70 bits per heavy atom. The highest BCUT2D eigenvalue weighted by molar-refractivity contribution is 6.30. The quantitative estimate of drug-likeness (QED) is 0.806. The summed E-state index contributed by atoms with van der Waals surface area (Å²) < 4.78 is 0. The summed E-state index contributed by atoms with van der Waals surface area (Å²) in [4.78, 5) is 29.2. The predicted octanol–water partition coefficient (Wildman–Crippen LogP) is 2.90. The molecule has 0 unspecified atom stereocenters. The molecular formula is C21H25ClN2O3. The zero-order chi connectivity index (χ0) is 19.0. The minimum atomic E-state index is -0.827. The van der Waals surface area contributed by atoms with Crippen LogP contribution in [0.1, 0.15) is 18.4 Å². The zero-order valence-corrected chi connectivity index (χ0v) is 16.0. The number of halogens is 1. The van der Waals surface area contributed by atoms with Gasteiger partial charge in [-0.15, -0.1) is 0 Å². The van der Waals surface area contributed by atoms with Gasteiger partial charge in [-0.3, -0.25) is 14.5 Å². The molecule has 1 amide bonds. The molecule has 1 saturated carbocycles. The van der Waals surface area contributed by atoms with Crippen molar-refractivity contribution in [3.05, 3.63) is 47.0 Å². The van der Waals surface area contributed by atoms with E-state index in [1.165, 1.54) is 5.56 Å². The van der Waals surface area contributed by atoms with Crippen molar-refractivity contribution in [1.29, 1.82) is 0 Å². The minimum absolute atomic E-state index is 0.00516. The molecule has 0 radical (unpaired) electrons. The molecule has 27 heavy (non-hydrogen) atoms. The molecule has 5 nitrogen and oxygen atoms in total. The number of nitrogens with zero attached hydrogens (tertiary/aromatic N) is 2. The van der Waals surface area contributed by atoms with Crippen molar-refractivity contribution in [2.24, 2.45) is 23.7 Å². The molecular weight excluding hydrogens is 364 g/mol. The Morgan fingerprint density at radius 1 is 1.04 bits per heavy atom. The summed E-state index contributed by atoms with van der Waals surface area (Å²) in [7, 11) is 0. The fourth-order valence-electron chi connectivity index (χ4n) is 4.90. The number of aliphatic carboxylic acids is 1. The van der Waals surface area contributed by atoms with Crippen LogP contribution >= 0.6 is 11.6 Å². The van der Waals surface area contributed by atoms with Crippen LogP contribution in [0.25, 0.3) is 0 Å². The lowest BCUT2D eigenvalue weighted by molar-refractivity contribution is -0.157. The van der Waals surface area contributed by atoms with E-state index in [-0.39, 0.29) is 17.7 Å². The first-order valence-corrected chi connectivity index (χ1v) is 10.1. The number of fused-ring (bicyclic) bond motifs is 2. The van der Waals surface area contributed by atoms with Crippen LogP contribution in [0, 0.1) is 23.7 Å². The van der Waals surface area contributed by atoms with Crippen LogP contribution in [0.4, 0.5) is 0 Å². The van der Waals surface area contributed by atoms with Crippen LogP contribution in [-0.2, 0) is 16.1 Å². The third-order valence-electron chi connectivity index (χ3n) is 6.30. The highest BCUT2D eigenvalue weighted by Crippen LogP contribution is 2.45. The summed E-state index contributed by atoms with van der Waals surface area (Å²) in [6.45, 7) is 3.73. The lowest BCUT2D eigenvalue weighted by Gasteiger charge is -2.45. The van der Waals surface area contributed by atoms with Crippen molar-refractivity contribution in [2.75, 3.05) is 26.2 Å². The van der Waals surface area contributed by atoms with Crippen molar-refractivity contribution in [1.82, 2.24) is 9.80 Å². The van der Waals surface area contributed by atoms with E-state index in [0.717, 1.165) is 37.5 Å². The zero-order valence-electron chi connectivity index (χ0n) is 15.3. The Hall–Kier alpha value is -1.85. The predicted molar refractivity (Wildman–Crippen MR) is 103 cm³/mol. The highest BCUT2D eigenvalue weighted by Gasteiger charge is 2.49. The number of benzene rings is 1. The third-order valence-corrected chi connectivity index (χ3v) is 6.53. The second-order valence-electron chi connectivity index (χ2n) is 7.91. The van der Waals surface area contributed by atoms with Crippen molar-refractivity contribution < 1.29 is 14.7 Å². The molecule has 5 rings (SSSR count). The average Bonchev–Trinajstić information content (AvgIpc) is 2.68. The number of amides is 1. The minimum Gasteiger partial charge on any atom is -0.481 e. The van der Waals surface area contributed by atoms with E-state index < -0.39 is 17.8 Å². The molecule has 2 fully saturated rings. The molecule has 1 aromatic rings. The lowest BCUT2D eigenvalue weighted by atomic mass is 9.62. The monoisotopic (exact) mass is 388 g/mol. The maximum Gasteiger partial charge on any atom is 0.307 e. The van der Waals surface area contributed by atoms with Gasteiger partial charge in [-0.25, -0.2) is 0 Å². The maximum absolute atomic E-state index is 13.2. The largest absolute Gasteiger partial charge is 0.481 e. The number of rotatable bonds is 4. The van der Waals surface area contributed by atoms with Gasteiger partial charge < -0.3 is 10.0 Å². The van der Waals surface area contributed by atoms with Gasteiger partial charge in [0.2, 0.25) is 5.91 Å². The van der Waals surface area contributed by atoms with Crippen LogP contribution in [0.15, 0.2) is 36.4 Å². The molecule has 144 valence electrons. The van der Waals surface area contributed by atoms with Gasteiger partial charge in [0, 0.05) is 37.7 Å². The van der Waals surface area contributed by atoms with E-state index in [2.05, 4.69) is 17.0 Å².